The number of hydrogen-bond donors (Lipinski definition) is 2. The summed E-state index contributed by atoms with van der Waals surface area (Å²) in [7, 11) is 0. The zero-order valence-corrected chi connectivity index (χ0v) is 15.4. The average Bonchev–Trinajstić information content (AvgIpc) is 3.43. The van der Waals surface area contributed by atoms with Crippen LogP contribution in [0.1, 0.15) is 11.1 Å². The van der Waals surface area contributed by atoms with E-state index < -0.39 is 0 Å². The van der Waals surface area contributed by atoms with Gasteiger partial charge >= 0.3 is 0 Å². The number of aromatic amines is 1. The first-order valence-corrected chi connectivity index (χ1v) is 9.42. The highest BCUT2D eigenvalue weighted by Crippen LogP contribution is 2.31. The quantitative estimate of drug-likeness (QED) is 0.472. The van der Waals surface area contributed by atoms with Gasteiger partial charge in [-0.2, -0.15) is 5.10 Å². The van der Waals surface area contributed by atoms with Crippen molar-refractivity contribution in [3.63, 3.8) is 0 Å². The molecule has 0 atom stereocenters. The molecule has 29 heavy (non-hydrogen) atoms. The third-order valence-electron chi connectivity index (χ3n) is 5.34. The first-order chi connectivity index (χ1) is 14.3. The molecule has 2 N–H and O–H groups in total. The fourth-order valence-corrected chi connectivity index (χ4v) is 3.82. The molecule has 0 saturated heterocycles. The predicted molar refractivity (Wildman–Crippen MR) is 116 cm³/mol. The van der Waals surface area contributed by atoms with Crippen LogP contribution in [0.15, 0.2) is 72.1 Å². The number of aromatic nitrogens is 4. The summed E-state index contributed by atoms with van der Waals surface area (Å²) in [5, 5.41) is 12.6. The second-order valence-corrected chi connectivity index (χ2v) is 7.10. The van der Waals surface area contributed by atoms with Crippen LogP contribution < -0.4 is 5.32 Å². The summed E-state index contributed by atoms with van der Waals surface area (Å²) in [5.74, 6) is 0.772. The van der Waals surface area contributed by atoms with Crippen LogP contribution in [-0.4, -0.2) is 26.4 Å². The van der Waals surface area contributed by atoms with Crippen molar-refractivity contribution in [2.75, 3.05) is 5.32 Å². The molecule has 138 valence electrons. The second-order valence-electron chi connectivity index (χ2n) is 7.10. The molecule has 0 radical (unpaired) electrons. The van der Waals surface area contributed by atoms with E-state index in [1.165, 1.54) is 11.1 Å². The highest BCUT2D eigenvalue weighted by molar-refractivity contribution is 5.98. The van der Waals surface area contributed by atoms with Gasteiger partial charge in [0.1, 0.15) is 12.1 Å². The molecule has 3 heterocycles. The van der Waals surface area contributed by atoms with Crippen molar-refractivity contribution < 1.29 is 0 Å². The number of benzene rings is 3. The fraction of sp³-hybridized carbons (Fsp3) is 0.0435. The molecule has 0 saturated carbocycles. The number of anilines is 2. The minimum atomic E-state index is 0.772. The Balaban J connectivity index is 1.47. The molecule has 2 aromatic heterocycles. The van der Waals surface area contributed by atoms with Crippen molar-refractivity contribution in [3.05, 3.63) is 78.2 Å². The molecule has 0 amide bonds. The van der Waals surface area contributed by atoms with Crippen LogP contribution in [0.2, 0.25) is 0 Å². The highest BCUT2D eigenvalue weighted by Gasteiger charge is 2.11. The summed E-state index contributed by atoms with van der Waals surface area (Å²) in [6, 6.07) is 18.8. The Morgan fingerprint density at radius 3 is 2.83 bits per heavy atom. The number of hydrogen-bond acceptors (Lipinski definition) is 5. The van der Waals surface area contributed by atoms with E-state index in [2.05, 4.69) is 60.8 Å². The summed E-state index contributed by atoms with van der Waals surface area (Å²) in [5.41, 5.74) is 7.58. The third-order valence-corrected chi connectivity index (χ3v) is 5.34. The summed E-state index contributed by atoms with van der Waals surface area (Å²) in [4.78, 5) is 13.3. The van der Waals surface area contributed by atoms with Crippen molar-refractivity contribution in [2.45, 2.75) is 6.54 Å². The van der Waals surface area contributed by atoms with Crippen LogP contribution in [0.25, 0.3) is 32.9 Å². The molecule has 0 unspecified atom stereocenters. The molecule has 1 aliphatic rings. The normalized spacial score (nSPS) is 12.6. The van der Waals surface area contributed by atoms with E-state index in [1.54, 1.807) is 6.33 Å². The Morgan fingerprint density at radius 2 is 1.83 bits per heavy atom. The lowest BCUT2D eigenvalue weighted by molar-refractivity contribution is 1.11. The molecule has 0 fully saturated rings. The van der Waals surface area contributed by atoms with Gasteiger partial charge < -0.3 is 5.32 Å². The predicted octanol–water partition coefficient (Wildman–Crippen LogP) is 4.85. The fourth-order valence-electron chi connectivity index (χ4n) is 3.82. The number of nitrogens with one attached hydrogen (secondary N) is 2. The van der Waals surface area contributed by atoms with Crippen molar-refractivity contribution in [1.82, 2.24) is 20.2 Å². The van der Waals surface area contributed by atoms with Crippen LogP contribution >= 0.6 is 0 Å². The molecule has 6 heteroatoms. The Bertz CT molecular complexity index is 1420. The van der Waals surface area contributed by atoms with Crippen LogP contribution in [0.4, 0.5) is 11.5 Å². The van der Waals surface area contributed by atoms with Gasteiger partial charge in [-0.1, -0.05) is 24.3 Å². The van der Waals surface area contributed by atoms with Gasteiger partial charge in [-0.05, 0) is 52.6 Å². The Kier molecular flexibility index (Phi) is 3.43. The highest BCUT2D eigenvalue weighted by atomic mass is 15.1. The van der Waals surface area contributed by atoms with E-state index in [9.17, 15) is 0 Å². The van der Waals surface area contributed by atoms with Gasteiger partial charge in [0.25, 0.3) is 0 Å². The van der Waals surface area contributed by atoms with Gasteiger partial charge in [0.2, 0.25) is 0 Å². The maximum absolute atomic E-state index is 4.51. The van der Waals surface area contributed by atoms with Crippen LogP contribution in [0.3, 0.4) is 0 Å². The number of aliphatic imine (C=N–C) groups is 1. The smallest absolute Gasteiger partial charge is 0.141 e. The summed E-state index contributed by atoms with van der Waals surface area (Å²) >= 11 is 0. The number of H-pyrrole nitrogens is 1. The van der Waals surface area contributed by atoms with E-state index in [0.717, 1.165) is 51.0 Å². The Hall–Kier alpha value is -4.06. The van der Waals surface area contributed by atoms with Gasteiger partial charge in [-0.3, -0.25) is 10.1 Å². The minimum absolute atomic E-state index is 0.772. The van der Waals surface area contributed by atoms with E-state index in [0.29, 0.717) is 0 Å². The van der Waals surface area contributed by atoms with Gasteiger partial charge in [0.15, 0.2) is 0 Å². The maximum atomic E-state index is 4.51. The topological polar surface area (TPSA) is 78.9 Å². The molecule has 6 rings (SSSR count). The number of rotatable bonds is 3. The average molecular weight is 376 g/mol. The molecule has 0 aliphatic carbocycles. The monoisotopic (exact) mass is 376 g/mol. The first kappa shape index (κ1) is 15.9. The van der Waals surface area contributed by atoms with Crippen molar-refractivity contribution >= 4 is 39.5 Å². The number of nitrogens with zero attached hydrogens (tertiary/aromatic N) is 4. The third kappa shape index (κ3) is 2.65. The Labute approximate surface area is 166 Å². The number of fused-ring (bicyclic) bond motifs is 3. The molecular weight excluding hydrogens is 360 g/mol. The molecule has 1 aliphatic heterocycles. The molecule has 6 nitrogen and oxygen atoms in total. The van der Waals surface area contributed by atoms with Crippen molar-refractivity contribution in [2.24, 2.45) is 4.99 Å². The van der Waals surface area contributed by atoms with E-state index in [4.69, 9.17) is 0 Å². The van der Waals surface area contributed by atoms with Crippen LogP contribution in [0.5, 0.6) is 0 Å². The molecule has 5 aromatic rings. The van der Waals surface area contributed by atoms with Crippen LogP contribution in [0, 0.1) is 0 Å². The minimum Gasteiger partial charge on any atom is -0.339 e. The van der Waals surface area contributed by atoms with Gasteiger partial charge in [-0.25, -0.2) is 9.97 Å². The van der Waals surface area contributed by atoms with Crippen molar-refractivity contribution in [1.29, 1.82) is 0 Å². The first-order valence-electron chi connectivity index (χ1n) is 9.42. The van der Waals surface area contributed by atoms with E-state index in [-0.39, 0.29) is 0 Å². The lowest BCUT2D eigenvalue weighted by Gasteiger charge is -2.11. The summed E-state index contributed by atoms with van der Waals surface area (Å²) in [6.45, 7) is 0.773. The SMILES string of the molecule is C1=NCc2ccc(-c3ccc4ncnc(Nc5cccc6[nH]ncc56)c4c3)cc21. The lowest BCUT2D eigenvalue weighted by Crippen LogP contribution is -1.97. The summed E-state index contributed by atoms with van der Waals surface area (Å²) < 4.78 is 0. The lowest BCUT2D eigenvalue weighted by atomic mass is 9.99. The van der Waals surface area contributed by atoms with Gasteiger partial charge in [0.05, 0.1) is 29.5 Å². The zero-order chi connectivity index (χ0) is 19.2. The maximum Gasteiger partial charge on any atom is 0.141 e. The van der Waals surface area contributed by atoms with Crippen molar-refractivity contribution in [3.8, 4) is 11.1 Å². The van der Waals surface area contributed by atoms with Crippen LogP contribution in [-0.2, 0) is 6.54 Å². The molecule has 0 spiro atoms. The molecular formula is C23H16N6. The zero-order valence-electron chi connectivity index (χ0n) is 15.4. The summed E-state index contributed by atoms with van der Waals surface area (Å²) in [6.07, 6.45) is 5.35. The largest absolute Gasteiger partial charge is 0.339 e. The molecule has 3 aromatic carbocycles. The van der Waals surface area contributed by atoms with E-state index in [1.807, 2.05) is 36.7 Å². The van der Waals surface area contributed by atoms with Gasteiger partial charge in [0, 0.05) is 17.0 Å². The van der Waals surface area contributed by atoms with E-state index >= 15 is 0 Å². The standard InChI is InChI=1S/C23H16N6/c1-2-21(19-12-27-29-22(19)3-1)28-23-18-9-15(6-7-20(18)25-13-26-23)14-4-5-16-10-24-11-17(16)8-14/h1-9,11-13H,10H2,(H,27,29)(H,25,26,28). The Morgan fingerprint density at radius 1 is 0.897 bits per heavy atom. The van der Waals surface area contributed by atoms with Gasteiger partial charge in [-0.15, -0.1) is 0 Å². The molecule has 0 bridgehead atoms. The second kappa shape index (κ2) is 6.24.